The molecule has 0 aromatic carbocycles. The maximum Gasteiger partial charge on any atom is 0.125 e. The molecule has 0 amide bonds. The van der Waals surface area contributed by atoms with Gasteiger partial charge in [0.15, 0.2) is 0 Å². The first-order valence-electron chi connectivity index (χ1n) is 3.13. The highest BCUT2D eigenvalue weighted by Crippen LogP contribution is 2.27. The molecule has 0 atom stereocenters. The standard InChI is InChI=1S/C6H8N2OS/c9-6(2-8-3-6)5-1-7-4-10-5/h1,4,8-9H,2-3H2. The SMILES string of the molecule is OC1(c2cncs2)CNC1. The summed E-state index contributed by atoms with van der Waals surface area (Å²) >= 11 is 1.50. The van der Waals surface area contributed by atoms with E-state index in [0.29, 0.717) is 13.1 Å². The molecule has 0 unspecified atom stereocenters. The van der Waals surface area contributed by atoms with Crippen LogP contribution in [-0.4, -0.2) is 23.2 Å². The molecule has 1 saturated heterocycles. The molecule has 1 aromatic heterocycles. The Kier molecular flexibility index (Phi) is 1.26. The van der Waals surface area contributed by atoms with Gasteiger partial charge in [0.2, 0.25) is 0 Å². The minimum Gasteiger partial charge on any atom is -0.382 e. The lowest BCUT2D eigenvalue weighted by Gasteiger charge is -2.36. The van der Waals surface area contributed by atoms with E-state index in [-0.39, 0.29) is 0 Å². The first kappa shape index (κ1) is 6.27. The number of nitrogens with zero attached hydrogens (tertiary/aromatic N) is 1. The van der Waals surface area contributed by atoms with Gasteiger partial charge in [0.1, 0.15) is 5.60 Å². The van der Waals surface area contributed by atoms with Crippen molar-refractivity contribution in [3.63, 3.8) is 0 Å². The van der Waals surface area contributed by atoms with Gasteiger partial charge in [0.05, 0.1) is 10.4 Å². The van der Waals surface area contributed by atoms with Crippen molar-refractivity contribution in [2.75, 3.05) is 13.1 Å². The summed E-state index contributed by atoms with van der Waals surface area (Å²) in [6.07, 6.45) is 1.73. The van der Waals surface area contributed by atoms with Crippen molar-refractivity contribution in [3.05, 3.63) is 16.6 Å². The maximum atomic E-state index is 9.68. The molecule has 0 radical (unpaired) electrons. The molecule has 1 aliphatic rings. The summed E-state index contributed by atoms with van der Waals surface area (Å²) < 4.78 is 0. The largest absolute Gasteiger partial charge is 0.382 e. The number of β-amino-alcohol motifs (C(OH)–C–C–N with tert-alkyl or cyclic N) is 1. The average molecular weight is 156 g/mol. The van der Waals surface area contributed by atoms with Crippen LogP contribution in [0.5, 0.6) is 0 Å². The Bertz CT molecular complexity index is 218. The third-order valence-corrected chi connectivity index (χ3v) is 2.69. The summed E-state index contributed by atoms with van der Waals surface area (Å²) in [4.78, 5) is 4.87. The highest BCUT2D eigenvalue weighted by molar-refractivity contribution is 7.09. The predicted octanol–water partition coefficient (Wildman–Crippen LogP) is -0.0661. The molecule has 2 N–H and O–H groups in total. The molecule has 3 nitrogen and oxygen atoms in total. The van der Waals surface area contributed by atoms with Crippen LogP contribution in [0.1, 0.15) is 4.88 Å². The minimum absolute atomic E-state index is 0.610. The lowest BCUT2D eigenvalue weighted by Crippen LogP contribution is -2.56. The molecule has 4 heteroatoms. The van der Waals surface area contributed by atoms with Gasteiger partial charge in [0, 0.05) is 19.3 Å². The third kappa shape index (κ3) is 0.767. The Morgan fingerprint density at radius 2 is 2.50 bits per heavy atom. The van der Waals surface area contributed by atoms with E-state index in [9.17, 15) is 5.11 Å². The second-order valence-electron chi connectivity index (χ2n) is 2.50. The van der Waals surface area contributed by atoms with Crippen molar-refractivity contribution in [3.8, 4) is 0 Å². The van der Waals surface area contributed by atoms with Crippen molar-refractivity contribution in [1.29, 1.82) is 0 Å². The second kappa shape index (κ2) is 2.02. The number of rotatable bonds is 1. The average Bonchev–Trinajstić information content (AvgIpc) is 2.33. The van der Waals surface area contributed by atoms with Crippen LogP contribution in [0.4, 0.5) is 0 Å². The third-order valence-electron chi connectivity index (χ3n) is 1.73. The molecular formula is C6H8N2OS. The fourth-order valence-electron chi connectivity index (χ4n) is 0.982. The topological polar surface area (TPSA) is 45.2 Å². The van der Waals surface area contributed by atoms with Gasteiger partial charge in [-0.2, -0.15) is 0 Å². The Balaban J connectivity index is 2.27. The van der Waals surface area contributed by atoms with E-state index in [0.717, 1.165) is 4.88 Å². The molecule has 10 heavy (non-hydrogen) atoms. The van der Waals surface area contributed by atoms with Crippen LogP contribution in [0.15, 0.2) is 11.7 Å². The van der Waals surface area contributed by atoms with Crippen molar-refractivity contribution in [2.45, 2.75) is 5.60 Å². The van der Waals surface area contributed by atoms with E-state index in [2.05, 4.69) is 10.3 Å². The summed E-state index contributed by atoms with van der Waals surface area (Å²) in [7, 11) is 0. The first-order valence-corrected chi connectivity index (χ1v) is 4.01. The van der Waals surface area contributed by atoms with E-state index in [1.165, 1.54) is 11.3 Å². The number of aliphatic hydroxyl groups is 1. The summed E-state index contributed by atoms with van der Waals surface area (Å²) in [6.45, 7) is 1.32. The smallest absolute Gasteiger partial charge is 0.125 e. The van der Waals surface area contributed by atoms with E-state index >= 15 is 0 Å². The molecule has 0 spiro atoms. The van der Waals surface area contributed by atoms with E-state index < -0.39 is 5.60 Å². The molecule has 0 aliphatic carbocycles. The van der Waals surface area contributed by atoms with Crippen molar-refractivity contribution in [1.82, 2.24) is 10.3 Å². The molecule has 0 bridgehead atoms. The van der Waals surface area contributed by atoms with Crippen LogP contribution < -0.4 is 5.32 Å². The lowest BCUT2D eigenvalue weighted by molar-refractivity contribution is -0.0114. The molecule has 2 rings (SSSR count). The van der Waals surface area contributed by atoms with Crippen LogP contribution in [0.3, 0.4) is 0 Å². The van der Waals surface area contributed by atoms with Crippen LogP contribution in [0.25, 0.3) is 0 Å². The second-order valence-corrected chi connectivity index (χ2v) is 3.39. The van der Waals surface area contributed by atoms with Gasteiger partial charge in [-0.1, -0.05) is 0 Å². The Labute approximate surface area is 62.7 Å². The molecular weight excluding hydrogens is 148 g/mol. The summed E-state index contributed by atoms with van der Waals surface area (Å²) in [6, 6.07) is 0. The van der Waals surface area contributed by atoms with Gasteiger partial charge in [-0.05, 0) is 0 Å². The molecule has 1 aromatic rings. The van der Waals surface area contributed by atoms with Gasteiger partial charge >= 0.3 is 0 Å². The van der Waals surface area contributed by atoms with Crippen LogP contribution in [0.2, 0.25) is 0 Å². The van der Waals surface area contributed by atoms with Crippen molar-refractivity contribution >= 4 is 11.3 Å². The van der Waals surface area contributed by atoms with Crippen molar-refractivity contribution in [2.24, 2.45) is 0 Å². The lowest BCUT2D eigenvalue weighted by atomic mass is 9.96. The number of hydrogen-bond donors (Lipinski definition) is 2. The number of hydrogen-bond acceptors (Lipinski definition) is 4. The summed E-state index contributed by atoms with van der Waals surface area (Å²) in [5, 5.41) is 12.7. The van der Waals surface area contributed by atoms with Gasteiger partial charge in [-0.25, -0.2) is 0 Å². The van der Waals surface area contributed by atoms with E-state index in [1.54, 1.807) is 11.7 Å². The number of aromatic nitrogens is 1. The van der Waals surface area contributed by atoms with Gasteiger partial charge < -0.3 is 10.4 Å². The fourth-order valence-corrected chi connectivity index (χ4v) is 1.70. The van der Waals surface area contributed by atoms with Crippen LogP contribution >= 0.6 is 11.3 Å². The van der Waals surface area contributed by atoms with Crippen molar-refractivity contribution < 1.29 is 5.11 Å². The number of nitrogens with one attached hydrogen (secondary N) is 1. The zero-order chi connectivity index (χ0) is 7.03. The zero-order valence-electron chi connectivity index (χ0n) is 5.37. The van der Waals surface area contributed by atoms with Crippen LogP contribution in [-0.2, 0) is 5.60 Å². The fraction of sp³-hybridized carbons (Fsp3) is 0.500. The van der Waals surface area contributed by atoms with E-state index in [1.807, 2.05) is 0 Å². The minimum atomic E-state index is -0.610. The molecule has 2 heterocycles. The molecule has 1 fully saturated rings. The molecule has 0 saturated carbocycles. The van der Waals surface area contributed by atoms with E-state index in [4.69, 9.17) is 0 Å². The maximum absolute atomic E-state index is 9.68. The number of thiazole rings is 1. The summed E-state index contributed by atoms with van der Waals surface area (Å²) in [5.41, 5.74) is 1.13. The highest BCUT2D eigenvalue weighted by atomic mass is 32.1. The highest BCUT2D eigenvalue weighted by Gasteiger charge is 2.37. The van der Waals surface area contributed by atoms with Gasteiger partial charge in [-0.3, -0.25) is 4.98 Å². The van der Waals surface area contributed by atoms with Gasteiger partial charge in [0.25, 0.3) is 0 Å². The normalized spacial score (nSPS) is 22.1. The Morgan fingerprint density at radius 1 is 1.70 bits per heavy atom. The molecule has 1 aliphatic heterocycles. The Morgan fingerprint density at radius 3 is 2.90 bits per heavy atom. The Hall–Kier alpha value is -0.450. The monoisotopic (exact) mass is 156 g/mol. The quantitative estimate of drug-likeness (QED) is 0.598. The van der Waals surface area contributed by atoms with Gasteiger partial charge in [-0.15, -0.1) is 11.3 Å². The van der Waals surface area contributed by atoms with Crippen LogP contribution in [0, 0.1) is 0 Å². The summed E-state index contributed by atoms with van der Waals surface area (Å²) in [5.74, 6) is 0. The predicted molar refractivity (Wildman–Crippen MR) is 38.9 cm³/mol. The molecule has 54 valence electrons. The zero-order valence-corrected chi connectivity index (χ0v) is 6.19. The first-order chi connectivity index (χ1) is 4.81.